The molecule has 0 heterocycles. The molecule has 0 fully saturated rings. The lowest BCUT2D eigenvalue weighted by Crippen LogP contribution is -2.31. The first-order chi connectivity index (χ1) is 7.54. The fourth-order valence-corrected chi connectivity index (χ4v) is 1.22. The minimum absolute atomic E-state index is 0.0669. The van der Waals surface area contributed by atoms with Crippen molar-refractivity contribution in [1.82, 2.24) is 4.90 Å². The van der Waals surface area contributed by atoms with Gasteiger partial charge in [0.15, 0.2) is 0 Å². The van der Waals surface area contributed by atoms with Crippen molar-refractivity contribution in [2.45, 2.75) is 6.54 Å². The molecule has 6 heteroatoms. The zero-order valence-electron chi connectivity index (χ0n) is 8.36. The zero-order chi connectivity index (χ0) is 12.1. The molecule has 0 spiro atoms. The fourth-order valence-electron chi connectivity index (χ4n) is 1.22. The fraction of sp³-hybridized carbons (Fsp3) is 0.300. The zero-order valence-corrected chi connectivity index (χ0v) is 8.36. The van der Waals surface area contributed by atoms with E-state index in [1.807, 2.05) is 0 Å². The predicted octanol–water partition coefficient (Wildman–Crippen LogP) is 1.44. The molecule has 0 aromatic heterocycles. The molecule has 2 N–H and O–H groups in total. The highest BCUT2D eigenvalue weighted by atomic mass is 19.1. The standard InChI is InChI=1S/C10H11F2NO3/c11-8-2-1-7(9(12)5-8)6-13(3-4-14)10(15)16/h1-2,5,14H,3-4,6H2,(H,15,16). The summed E-state index contributed by atoms with van der Waals surface area (Å²) in [6, 6.07) is 2.92. The summed E-state index contributed by atoms with van der Waals surface area (Å²) in [4.78, 5) is 11.5. The van der Waals surface area contributed by atoms with Gasteiger partial charge in [0, 0.05) is 18.2 Å². The van der Waals surface area contributed by atoms with Gasteiger partial charge in [-0.15, -0.1) is 0 Å². The van der Waals surface area contributed by atoms with Crippen LogP contribution in [0.5, 0.6) is 0 Å². The number of halogens is 2. The third-order valence-electron chi connectivity index (χ3n) is 2.02. The van der Waals surface area contributed by atoms with Crippen molar-refractivity contribution >= 4 is 6.09 Å². The molecule has 1 aromatic carbocycles. The second kappa shape index (κ2) is 5.41. The monoisotopic (exact) mass is 231 g/mol. The van der Waals surface area contributed by atoms with Gasteiger partial charge in [0.1, 0.15) is 11.6 Å². The molecule has 0 radical (unpaired) electrons. The Bertz CT molecular complexity index is 384. The molecule has 0 aliphatic rings. The van der Waals surface area contributed by atoms with E-state index in [2.05, 4.69) is 0 Å². The molecule has 0 unspecified atom stereocenters. The Morgan fingerprint density at radius 3 is 2.56 bits per heavy atom. The number of aliphatic hydroxyl groups excluding tert-OH is 1. The maximum atomic E-state index is 13.2. The van der Waals surface area contributed by atoms with E-state index in [4.69, 9.17) is 10.2 Å². The van der Waals surface area contributed by atoms with Crippen molar-refractivity contribution in [1.29, 1.82) is 0 Å². The first-order valence-corrected chi connectivity index (χ1v) is 4.57. The molecule has 1 rings (SSSR count). The number of hydrogen-bond acceptors (Lipinski definition) is 2. The minimum atomic E-state index is -1.27. The van der Waals surface area contributed by atoms with Crippen LogP contribution in [0.15, 0.2) is 18.2 Å². The van der Waals surface area contributed by atoms with Gasteiger partial charge in [-0.05, 0) is 6.07 Å². The molecule has 16 heavy (non-hydrogen) atoms. The number of rotatable bonds is 4. The number of nitrogens with zero attached hydrogens (tertiary/aromatic N) is 1. The Morgan fingerprint density at radius 2 is 2.06 bits per heavy atom. The van der Waals surface area contributed by atoms with E-state index >= 15 is 0 Å². The molecule has 0 bridgehead atoms. The number of hydrogen-bond donors (Lipinski definition) is 2. The van der Waals surface area contributed by atoms with Crippen LogP contribution in [-0.4, -0.2) is 34.4 Å². The van der Waals surface area contributed by atoms with E-state index in [0.717, 1.165) is 11.0 Å². The molecule has 1 amide bonds. The average Bonchev–Trinajstić information content (AvgIpc) is 2.20. The summed E-state index contributed by atoms with van der Waals surface area (Å²) >= 11 is 0. The number of benzene rings is 1. The molecule has 0 atom stereocenters. The molecule has 0 aliphatic carbocycles. The highest BCUT2D eigenvalue weighted by molar-refractivity contribution is 5.65. The maximum absolute atomic E-state index is 13.2. The van der Waals surface area contributed by atoms with Crippen molar-refractivity contribution < 1.29 is 23.8 Å². The van der Waals surface area contributed by atoms with Crippen molar-refractivity contribution in [3.05, 3.63) is 35.4 Å². The summed E-state index contributed by atoms with van der Waals surface area (Å²) < 4.78 is 25.8. The summed E-state index contributed by atoms with van der Waals surface area (Å²) in [5.74, 6) is -1.52. The molecule has 1 aromatic rings. The second-order valence-corrected chi connectivity index (χ2v) is 3.16. The average molecular weight is 231 g/mol. The van der Waals surface area contributed by atoms with E-state index < -0.39 is 17.7 Å². The van der Waals surface area contributed by atoms with Crippen LogP contribution in [0, 0.1) is 11.6 Å². The van der Waals surface area contributed by atoms with Gasteiger partial charge in [-0.3, -0.25) is 0 Å². The summed E-state index contributed by atoms with van der Waals surface area (Å²) in [6.07, 6.45) is -1.27. The first-order valence-electron chi connectivity index (χ1n) is 4.57. The molecule has 0 saturated carbocycles. The third-order valence-corrected chi connectivity index (χ3v) is 2.02. The Balaban J connectivity index is 2.81. The number of aliphatic hydroxyl groups is 1. The first kappa shape index (κ1) is 12.4. The van der Waals surface area contributed by atoms with Crippen molar-refractivity contribution in [3.63, 3.8) is 0 Å². The van der Waals surface area contributed by atoms with Gasteiger partial charge in [-0.1, -0.05) is 6.07 Å². The van der Waals surface area contributed by atoms with Crippen LogP contribution in [-0.2, 0) is 6.54 Å². The Morgan fingerprint density at radius 1 is 1.38 bits per heavy atom. The molecule has 88 valence electrons. The van der Waals surface area contributed by atoms with Gasteiger partial charge in [-0.2, -0.15) is 0 Å². The van der Waals surface area contributed by atoms with Gasteiger partial charge in [0.2, 0.25) is 0 Å². The lowest BCUT2D eigenvalue weighted by molar-refractivity contribution is 0.128. The van der Waals surface area contributed by atoms with E-state index in [0.29, 0.717) is 6.07 Å². The Kier molecular flexibility index (Phi) is 4.19. The van der Waals surface area contributed by atoms with E-state index in [-0.39, 0.29) is 25.3 Å². The minimum Gasteiger partial charge on any atom is -0.465 e. The van der Waals surface area contributed by atoms with Crippen molar-refractivity contribution in [2.75, 3.05) is 13.2 Å². The molecule has 4 nitrogen and oxygen atoms in total. The van der Waals surface area contributed by atoms with E-state index in [9.17, 15) is 13.6 Å². The lowest BCUT2D eigenvalue weighted by atomic mass is 10.2. The summed E-state index contributed by atoms with van der Waals surface area (Å²) in [5, 5.41) is 17.3. The Hall–Kier alpha value is -1.69. The SMILES string of the molecule is O=C(O)N(CCO)Cc1ccc(F)cc1F. The number of carboxylic acid groups (broad SMARTS) is 1. The lowest BCUT2D eigenvalue weighted by Gasteiger charge is -2.18. The number of carbonyl (C=O) groups is 1. The molecular weight excluding hydrogens is 220 g/mol. The van der Waals surface area contributed by atoms with Crippen LogP contribution >= 0.6 is 0 Å². The van der Waals surface area contributed by atoms with Crippen LogP contribution < -0.4 is 0 Å². The van der Waals surface area contributed by atoms with Crippen LogP contribution in [0.4, 0.5) is 13.6 Å². The summed E-state index contributed by atoms with van der Waals surface area (Å²) in [7, 11) is 0. The molecule has 0 saturated heterocycles. The third kappa shape index (κ3) is 3.16. The van der Waals surface area contributed by atoms with Crippen LogP contribution in [0.25, 0.3) is 0 Å². The summed E-state index contributed by atoms with van der Waals surface area (Å²) in [6.45, 7) is -0.691. The van der Waals surface area contributed by atoms with Crippen LogP contribution in [0.3, 0.4) is 0 Å². The van der Waals surface area contributed by atoms with Gasteiger partial charge in [0.25, 0.3) is 0 Å². The second-order valence-electron chi connectivity index (χ2n) is 3.16. The normalized spacial score (nSPS) is 10.2. The van der Waals surface area contributed by atoms with Gasteiger partial charge in [0.05, 0.1) is 13.2 Å². The predicted molar refractivity (Wildman–Crippen MR) is 51.9 cm³/mol. The van der Waals surface area contributed by atoms with Crippen LogP contribution in [0.1, 0.15) is 5.56 Å². The quantitative estimate of drug-likeness (QED) is 0.824. The Labute approximate surface area is 90.7 Å². The van der Waals surface area contributed by atoms with Gasteiger partial charge in [-0.25, -0.2) is 13.6 Å². The maximum Gasteiger partial charge on any atom is 0.407 e. The van der Waals surface area contributed by atoms with Crippen molar-refractivity contribution in [3.8, 4) is 0 Å². The number of amides is 1. The highest BCUT2D eigenvalue weighted by Gasteiger charge is 2.14. The van der Waals surface area contributed by atoms with Gasteiger partial charge < -0.3 is 15.1 Å². The van der Waals surface area contributed by atoms with E-state index in [1.54, 1.807) is 0 Å². The smallest absolute Gasteiger partial charge is 0.407 e. The summed E-state index contributed by atoms with van der Waals surface area (Å²) in [5.41, 5.74) is 0.0669. The topological polar surface area (TPSA) is 60.8 Å². The molecular formula is C10H11F2NO3. The largest absolute Gasteiger partial charge is 0.465 e. The van der Waals surface area contributed by atoms with E-state index in [1.165, 1.54) is 6.07 Å². The van der Waals surface area contributed by atoms with Gasteiger partial charge >= 0.3 is 6.09 Å². The van der Waals surface area contributed by atoms with Crippen molar-refractivity contribution in [2.24, 2.45) is 0 Å². The highest BCUT2D eigenvalue weighted by Crippen LogP contribution is 2.12. The van der Waals surface area contributed by atoms with Crippen LogP contribution in [0.2, 0.25) is 0 Å². The molecule has 0 aliphatic heterocycles.